The third kappa shape index (κ3) is 1.57. The third-order valence-electron chi connectivity index (χ3n) is 3.16. The van der Waals surface area contributed by atoms with Gasteiger partial charge in [-0.2, -0.15) is 0 Å². The fourth-order valence-electron chi connectivity index (χ4n) is 2.59. The average Bonchev–Trinajstić information content (AvgIpc) is 2.62. The maximum absolute atomic E-state index is 11.5. The van der Waals surface area contributed by atoms with E-state index in [0.717, 1.165) is 13.0 Å². The molecule has 2 aliphatic rings. The predicted octanol–water partition coefficient (Wildman–Crippen LogP) is 1.18. The number of carbonyl (C=O) groups excluding carboxylic acids is 1. The maximum atomic E-state index is 11.5. The molecule has 2 rings (SSSR count). The molecule has 2 fully saturated rings. The first-order valence-corrected chi connectivity index (χ1v) is 5.25. The lowest BCUT2D eigenvalue weighted by molar-refractivity contribution is -0.148. The van der Waals surface area contributed by atoms with Crippen molar-refractivity contribution < 1.29 is 9.53 Å². The summed E-state index contributed by atoms with van der Waals surface area (Å²) in [5.74, 6) is -0.00750. The second-order valence-corrected chi connectivity index (χ2v) is 3.88. The number of carbonyl (C=O) groups is 1. The molecule has 2 aliphatic heterocycles. The molecule has 3 heteroatoms. The monoisotopic (exact) mass is 183 g/mol. The van der Waals surface area contributed by atoms with E-state index in [1.54, 1.807) is 0 Å². The van der Waals surface area contributed by atoms with Crippen LogP contribution in [0.3, 0.4) is 0 Å². The van der Waals surface area contributed by atoms with E-state index >= 15 is 0 Å². The van der Waals surface area contributed by atoms with Crippen LogP contribution in [0.2, 0.25) is 0 Å². The summed E-state index contributed by atoms with van der Waals surface area (Å²) in [5.41, 5.74) is 0. The Kier molecular flexibility index (Phi) is 2.54. The first-order valence-electron chi connectivity index (χ1n) is 5.25. The van der Waals surface area contributed by atoms with Gasteiger partial charge < -0.3 is 4.74 Å². The minimum absolute atomic E-state index is 0.00750. The van der Waals surface area contributed by atoms with Crippen LogP contribution < -0.4 is 0 Å². The van der Waals surface area contributed by atoms with E-state index in [2.05, 4.69) is 4.90 Å². The van der Waals surface area contributed by atoms with Crippen molar-refractivity contribution in [2.24, 2.45) is 0 Å². The minimum Gasteiger partial charge on any atom is -0.465 e. The zero-order valence-corrected chi connectivity index (χ0v) is 8.16. The summed E-state index contributed by atoms with van der Waals surface area (Å²) in [6, 6.07) is 0.752. The molecule has 2 saturated heterocycles. The predicted molar refractivity (Wildman–Crippen MR) is 49.4 cm³/mol. The van der Waals surface area contributed by atoms with E-state index in [0.29, 0.717) is 12.6 Å². The molecule has 0 aromatic carbocycles. The molecule has 13 heavy (non-hydrogen) atoms. The van der Waals surface area contributed by atoms with Crippen LogP contribution in [-0.4, -0.2) is 36.1 Å². The van der Waals surface area contributed by atoms with Crippen molar-refractivity contribution in [2.75, 3.05) is 13.2 Å². The van der Waals surface area contributed by atoms with Gasteiger partial charge in [-0.25, -0.2) is 0 Å². The topological polar surface area (TPSA) is 29.5 Å². The molecule has 0 N–H and O–H groups in total. The van der Waals surface area contributed by atoms with Gasteiger partial charge in [0.25, 0.3) is 0 Å². The second kappa shape index (κ2) is 3.66. The Morgan fingerprint density at radius 1 is 1.46 bits per heavy atom. The van der Waals surface area contributed by atoms with Crippen LogP contribution in [0.4, 0.5) is 0 Å². The van der Waals surface area contributed by atoms with E-state index in [9.17, 15) is 4.79 Å². The fraction of sp³-hybridized carbons (Fsp3) is 0.900. The van der Waals surface area contributed by atoms with Gasteiger partial charge in [-0.15, -0.1) is 0 Å². The van der Waals surface area contributed by atoms with E-state index in [-0.39, 0.29) is 12.0 Å². The molecule has 0 bridgehead atoms. The fourth-order valence-corrected chi connectivity index (χ4v) is 2.59. The van der Waals surface area contributed by atoms with Crippen molar-refractivity contribution in [2.45, 2.75) is 44.7 Å². The van der Waals surface area contributed by atoms with Crippen LogP contribution in [-0.2, 0) is 9.53 Å². The molecule has 0 aliphatic carbocycles. The Balaban J connectivity index is 1.96. The lowest BCUT2D eigenvalue weighted by atomic mass is 10.1. The van der Waals surface area contributed by atoms with Gasteiger partial charge in [-0.1, -0.05) is 0 Å². The number of hydrogen-bond donors (Lipinski definition) is 0. The molecule has 0 spiro atoms. The molecule has 0 aromatic rings. The zero-order valence-electron chi connectivity index (χ0n) is 8.16. The summed E-state index contributed by atoms with van der Waals surface area (Å²) in [6.07, 6.45) is 4.71. The maximum Gasteiger partial charge on any atom is 0.323 e. The van der Waals surface area contributed by atoms with Crippen LogP contribution in [0.5, 0.6) is 0 Å². The highest BCUT2D eigenvalue weighted by atomic mass is 16.5. The van der Waals surface area contributed by atoms with Gasteiger partial charge in [0.1, 0.15) is 6.04 Å². The Morgan fingerprint density at radius 2 is 2.31 bits per heavy atom. The van der Waals surface area contributed by atoms with Gasteiger partial charge in [0.05, 0.1) is 6.61 Å². The standard InChI is InChI=1S/C10H17NO2/c1-2-13-10(12)9-6-5-8-4-3-7-11(8)9/h8-9H,2-7H2,1H3. The summed E-state index contributed by atoms with van der Waals surface area (Å²) >= 11 is 0. The van der Waals surface area contributed by atoms with Crippen LogP contribution in [0.1, 0.15) is 32.6 Å². The summed E-state index contributed by atoms with van der Waals surface area (Å²) < 4.78 is 5.05. The van der Waals surface area contributed by atoms with Gasteiger partial charge in [0.2, 0.25) is 0 Å². The largest absolute Gasteiger partial charge is 0.465 e. The van der Waals surface area contributed by atoms with Gasteiger partial charge in [-0.3, -0.25) is 9.69 Å². The molecule has 74 valence electrons. The SMILES string of the molecule is CCOC(=O)C1CCC2CCCN21. The first kappa shape index (κ1) is 9.00. The van der Waals surface area contributed by atoms with E-state index in [1.807, 2.05) is 6.92 Å². The highest BCUT2D eigenvalue weighted by Gasteiger charge is 2.40. The van der Waals surface area contributed by atoms with Gasteiger partial charge in [0.15, 0.2) is 0 Å². The quantitative estimate of drug-likeness (QED) is 0.602. The summed E-state index contributed by atoms with van der Waals surface area (Å²) in [7, 11) is 0. The van der Waals surface area contributed by atoms with E-state index < -0.39 is 0 Å². The lowest BCUT2D eigenvalue weighted by Crippen LogP contribution is -2.38. The third-order valence-corrected chi connectivity index (χ3v) is 3.16. The number of nitrogens with zero attached hydrogens (tertiary/aromatic N) is 1. The normalized spacial score (nSPS) is 33.3. The molecule has 2 atom stereocenters. The number of esters is 1. The van der Waals surface area contributed by atoms with Crippen molar-refractivity contribution >= 4 is 5.97 Å². The van der Waals surface area contributed by atoms with Crippen LogP contribution in [0.15, 0.2) is 0 Å². The first-order chi connectivity index (χ1) is 6.33. The minimum atomic E-state index is -0.00750. The number of fused-ring (bicyclic) bond motifs is 1. The summed E-state index contributed by atoms with van der Waals surface area (Å²) in [6.45, 7) is 3.47. The molecule has 0 saturated carbocycles. The molecule has 2 unspecified atom stereocenters. The molecular formula is C10H17NO2. The number of hydrogen-bond acceptors (Lipinski definition) is 3. The highest BCUT2D eigenvalue weighted by molar-refractivity contribution is 5.76. The summed E-state index contributed by atoms with van der Waals surface area (Å²) in [5, 5.41) is 0. The average molecular weight is 183 g/mol. The van der Waals surface area contributed by atoms with Crippen molar-refractivity contribution in [1.82, 2.24) is 4.90 Å². The van der Waals surface area contributed by atoms with Gasteiger partial charge >= 0.3 is 5.97 Å². The Labute approximate surface area is 79.0 Å². The van der Waals surface area contributed by atoms with Crippen LogP contribution in [0, 0.1) is 0 Å². The molecule has 0 aromatic heterocycles. The van der Waals surface area contributed by atoms with Crippen LogP contribution >= 0.6 is 0 Å². The Hall–Kier alpha value is -0.570. The smallest absolute Gasteiger partial charge is 0.323 e. The van der Waals surface area contributed by atoms with Crippen LogP contribution in [0.25, 0.3) is 0 Å². The van der Waals surface area contributed by atoms with Gasteiger partial charge in [0, 0.05) is 6.04 Å². The Bertz CT molecular complexity index is 205. The van der Waals surface area contributed by atoms with Crippen molar-refractivity contribution in [3.05, 3.63) is 0 Å². The molecule has 2 heterocycles. The highest BCUT2D eigenvalue weighted by Crippen LogP contribution is 2.32. The van der Waals surface area contributed by atoms with Crippen molar-refractivity contribution in [1.29, 1.82) is 0 Å². The van der Waals surface area contributed by atoms with E-state index in [4.69, 9.17) is 4.74 Å². The van der Waals surface area contributed by atoms with Crippen molar-refractivity contribution in [3.8, 4) is 0 Å². The molecule has 3 nitrogen and oxygen atoms in total. The summed E-state index contributed by atoms with van der Waals surface area (Å²) in [4.78, 5) is 13.9. The molecule has 0 radical (unpaired) electrons. The van der Waals surface area contributed by atoms with Crippen molar-refractivity contribution in [3.63, 3.8) is 0 Å². The number of rotatable bonds is 2. The van der Waals surface area contributed by atoms with E-state index in [1.165, 1.54) is 19.3 Å². The Morgan fingerprint density at radius 3 is 3.08 bits per heavy atom. The zero-order chi connectivity index (χ0) is 9.26. The lowest BCUT2D eigenvalue weighted by Gasteiger charge is -2.21. The number of ether oxygens (including phenoxy) is 1. The molecule has 0 amide bonds. The second-order valence-electron chi connectivity index (χ2n) is 3.88. The molecular weight excluding hydrogens is 166 g/mol. The van der Waals surface area contributed by atoms with Gasteiger partial charge in [-0.05, 0) is 39.2 Å².